The molecule has 2 aromatic carbocycles. The van der Waals surface area contributed by atoms with Crippen molar-refractivity contribution in [3.63, 3.8) is 0 Å². The van der Waals surface area contributed by atoms with Crippen molar-refractivity contribution in [2.75, 3.05) is 13.2 Å². The minimum Gasteiger partial charge on any atom is -0.480 e. The average Bonchev–Trinajstić information content (AvgIpc) is 3.61. The van der Waals surface area contributed by atoms with Crippen molar-refractivity contribution >= 4 is 18.0 Å². The minimum absolute atomic E-state index is 0.0827. The summed E-state index contributed by atoms with van der Waals surface area (Å²) in [6, 6.07) is 11.6. The molecule has 4 N–H and O–H groups in total. The highest BCUT2D eigenvalue weighted by Gasteiger charge is 2.55. The normalized spacial score (nSPS) is 16.7. The van der Waals surface area contributed by atoms with Gasteiger partial charge in [0.2, 0.25) is 0 Å². The Bertz CT molecular complexity index is 1060. The number of carboxylic acid groups (broad SMARTS) is 1. The Morgan fingerprint density at radius 3 is 2.06 bits per heavy atom. The van der Waals surface area contributed by atoms with Crippen LogP contribution in [0.5, 0.6) is 0 Å². The minimum atomic E-state index is -4.10. The van der Waals surface area contributed by atoms with Crippen LogP contribution in [-0.2, 0) is 14.3 Å². The molecule has 10 heteroatoms. The fourth-order valence-corrected chi connectivity index (χ4v) is 4.28. The predicted molar refractivity (Wildman–Crippen MR) is 116 cm³/mol. The number of fused-ring (bicyclic) bond motifs is 3. The Balaban J connectivity index is 1.43. The lowest BCUT2D eigenvalue weighted by molar-refractivity contribution is -0.155. The number of nitrogens with one attached hydrogen (secondary N) is 2. The van der Waals surface area contributed by atoms with E-state index < -0.39 is 48.5 Å². The number of ether oxygens (including phenoxy) is 1. The highest BCUT2D eigenvalue weighted by Crippen LogP contribution is 2.44. The highest BCUT2D eigenvalue weighted by atomic mass is 19.3. The van der Waals surface area contributed by atoms with Gasteiger partial charge < -0.3 is 25.6 Å². The van der Waals surface area contributed by atoms with E-state index in [-0.39, 0.29) is 12.5 Å². The van der Waals surface area contributed by atoms with Crippen LogP contribution in [0, 0.1) is 5.92 Å². The molecule has 34 heavy (non-hydrogen) atoms. The molecule has 180 valence electrons. The lowest BCUT2D eigenvalue weighted by atomic mass is 9.98. The molecule has 0 spiro atoms. The molecule has 0 heterocycles. The number of alkyl halides is 2. The van der Waals surface area contributed by atoms with E-state index >= 15 is 0 Å². The fraction of sp³-hybridized carbons (Fsp3) is 0.375. The van der Waals surface area contributed by atoms with Gasteiger partial charge in [0.25, 0.3) is 5.91 Å². The quantitative estimate of drug-likeness (QED) is 0.443. The average molecular weight is 474 g/mol. The van der Waals surface area contributed by atoms with Crippen molar-refractivity contribution in [2.24, 2.45) is 5.92 Å². The third-order valence-electron chi connectivity index (χ3n) is 6.19. The molecule has 2 atom stereocenters. The molecule has 1 saturated carbocycles. The summed E-state index contributed by atoms with van der Waals surface area (Å²) in [5, 5.41) is 21.6. The van der Waals surface area contributed by atoms with Gasteiger partial charge in [0, 0.05) is 5.92 Å². The summed E-state index contributed by atoms with van der Waals surface area (Å²) in [6.07, 6.45) is -0.345. The van der Waals surface area contributed by atoms with E-state index in [1.165, 1.54) is 0 Å². The van der Waals surface area contributed by atoms with Crippen LogP contribution in [-0.4, -0.2) is 59.4 Å². The summed E-state index contributed by atoms with van der Waals surface area (Å²) < 4.78 is 35.1. The van der Waals surface area contributed by atoms with E-state index in [1.807, 2.05) is 48.5 Å². The molecule has 0 aliphatic heterocycles. The number of amides is 2. The Hall–Kier alpha value is -3.53. The second-order valence-corrected chi connectivity index (χ2v) is 8.45. The molecule has 8 nitrogen and oxygen atoms in total. The number of carbonyl (C=O) groups is 3. The molecule has 1 fully saturated rings. The van der Waals surface area contributed by atoms with Crippen LogP contribution in [0.15, 0.2) is 48.5 Å². The maximum atomic E-state index is 14.9. The Morgan fingerprint density at radius 2 is 1.56 bits per heavy atom. The predicted octanol–water partition coefficient (Wildman–Crippen LogP) is 2.50. The lowest BCUT2D eigenvalue weighted by Crippen LogP contribution is -2.59. The van der Waals surface area contributed by atoms with Gasteiger partial charge >= 0.3 is 18.0 Å². The van der Waals surface area contributed by atoms with Crippen LogP contribution in [0.3, 0.4) is 0 Å². The largest absolute Gasteiger partial charge is 0.480 e. The number of benzene rings is 2. The van der Waals surface area contributed by atoms with Crippen LogP contribution in [0.1, 0.15) is 29.9 Å². The van der Waals surface area contributed by atoms with Gasteiger partial charge in [-0.2, -0.15) is 8.78 Å². The fourth-order valence-electron chi connectivity index (χ4n) is 4.28. The number of rotatable bonds is 9. The van der Waals surface area contributed by atoms with Crippen LogP contribution in [0.2, 0.25) is 0 Å². The number of hydrogen-bond donors (Lipinski definition) is 4. The van der Waals surface area contributed by atoms with E-state index in [0.29, 0.717) is 12.8 Å². The molecule has 0 saturated heterocycles. The summed E-state index contributed by atoms with van der Waals surface area (Å²) in [7, 11) is 0. The Labute approximate surface area is 193 Å². The number of aliphatic hydroxyl groups is 1. The molecule has 1 unspecified atom stereocenters. The van der Waals surface area contributed by atoms with Crippen molar-refractivity contribution in [3.8, 4) is 11.1 Å². The number of carbonyl (C=O) groups excluding carboxylic acids is 2. The van der Waals surface area contributed by atoms with E-state index in [9.17, 15) is 23.2 Å². The summed E-state index contributed by atoms with van der Waals surface area (Å²) in [5.41, 5.74) is 3.96. The zero-order valence-electron chi connectivity index (χ0n) is 18.0. The van der Waals surface area contributed by atoms with Gasteiger partial charge in [0.05, 0.1) is 6.61 Å². The van der Waals surface area contributed by atoms with Gasteiger partial charge in [0.1, 0.15) is 12.6 Å². The standard InChI is InChI=1S/C24H24F2N2O6/c25-24(26,22(32)27-19(11-29)21(30)31)20(13-9-10-13)28-23(33)34-12-18-16-7-3-1-5-14(16)15-6-2-4-8-17(15)18/h1-8,13,18-20,29H,9-12H2,(H,27,32)(H,28,33)(H,30,31)/t19-,20?/m0/s1. The molecule has 0 bridgehead atoms. The number of halogens is 2. The second kappa shape index (κ2) is 9.38. The summed E-state index contributed by atoms with van der Waals surface area (Å²) in [6.45, 7) is -1.13. The smallest absolute Gasteiger partial charge is 0.407 e. The first-order valence-corrected chi connectivity index (χ1v) is 10.9. The number of alkyl carbamates (subject to hydrolysis) is 1. The highest BCUT2D eigenvalue weighted by molar-refractivity contribution is 5.89. The maximum Gasteiger partial charge on any atom is 0.407 e. The van der Waals surface area contributed by atoms with Gasteiger partial charge in [-0.3, -0.25) is 4.79 Å². The zero-order valence-corrected chi connectivity index (χ0v) is 18.0. The SMILES string of the molecule is O=C(NC(C1CC1)C(F)(F)C(=O)N[C@@H](CO)C(=O)O)OCC1c2ccccc2-c2ccccc21. The number of hydrogen-bond acceptors (Lipinski definition) is 5. The molecule has 2 aromatic rings. The molecule has 2 amide bonds. The molecule has 2 aliphatic carbocycles. The number of aliphatic carboxylic acids is 1. The monoisotopic (exact) mass is 474 g/mol. The first kappa shape index (κ1) is 23.6. The van der Waals surface area contributed by atoms with Gasteiger partial charge in [-0.05, 0) is 41.0 Å². The third-order valence-corrected chi connectivity index (χ3v) is 6.19. The molecule has 4 rings (SSSR count). The van der Waals surface area contributed by atoms with Crippen molar-refractivity contribution in [1.29, 1.82) is 0 Å². The molecular formula is C24H24F2N2O6. The Morgan fingerprint density at radius 1 is 1.00 bits per heavy atom. The topological polar surface area (TPSA) is 125 Å². The summed E-state index contributed by atoms with van der Waals surface area (Å²) in [5.74, 6) is -8.56. The van der Waals surface area contributed by atoms with Crippen molar-refractivity contribution in [3.05, 3.63) is 59.7 Å². The van der Waals surface area contributed by atoms with E-state index in [0.717, 1.165) is 22.3 Å². The van der Waals surface area contributed by atoms with Gasteiger partial charge in [0.15, 0.2) is 6.04 Å². The molecule has 0 radical (unpaired) electrons. The van der Waals surface area contributed by atoms with Gasteiger partial charge in [-0.15, -0.1) is 0 Å². The molecule has 0 aromatic heterocycles. The van der Waals surface area contributed by atoms with Gasteiger partial charge in [-0.1, -0.05) is 48.5 Å². The van der Waals surface area contributed by atoms with Crippen LogP contribution >= 0.6 is 0 Å². The number of carboxylic acids is 1. The maximum absolute atomic E-state index is 14.9. The van der Waals surface area contributed by atoms with E-state index in [4.69, 9.17) is 14.9 Å². The number of aliphatic hydroxyl groups excluding tert-OH is 1. The van der Waals surface area contributed by atoms with E-state index in [1.54, 1.807) is 5.32 Å². The first-order valence-electron chi connectivity index (χ1n) is 10.9. The summed E-state index contributed by atoms with van der Waals surface area (Å²) >= 11 is 0. The zero-order chi connectivity index (χ0) is 24.5. The van der Waals surface area contributed by atoms with E-state index in [2.05, 4.69) is 5.32 Å². The van der Waals surface area contributed by atoms with Crippen LogP contribution in [0.4, 0.5) is 13.6 Å². The second-order valence-electron chi connectivity index (χ2n) is 8.45. The van der Waals surface area contributed by atoms with Crippen LogP contribution in [0.25, 0.3) is 11.1 Å². The lowest BCUT2D eigenvalue weighted by Gasteiger charge is -2.27. The van der Waals surface area contributed by atoms with Crippen molar-refractivity contribution in [1.82, 2.24) is 10.6 Å². The third kappa shape index (κ3) is 4.58. The first-order chi connectivity index (χ1) is 16.2. The van der Waals surface area contributed by atoms with Crippen molar-refractivity contribution in [2.45, 2.75) is 36.8 Å². The van der Waals surface area contributed by atoms with Crippen LogP contribution < -0.4 is 10.6 Å². The summed E-state index contributed by atoms with van der Waals surface area (Å²) in [4.78, 5) is 35.6. The molecule has 2 aliphatic rings. The molecular weight excluding hydrogens is 450 g/mol. The van der Waals surface area contributed by atoms with Crippen molar-refractivity contribution < 1.29 is 38.1 Å². The van der Waals surface area contributed by atoms with Gasteiger partial charge in [-0.25, -0.2) is 9.59 Å². The Kier molecular flexibility index (Phi) is 6.52.